The Bertz CT molecular complexity index is 959. The first-order chi connectivity index (χ1) is 12.6. The molecule has 0 bridgehead atoms. The average Bonchev–Trinajstić information content (AvgIpc) is 2.66. The van der Waals surface area contributed by atoms with Gasteiger partial charge in [-0.25, -0.2) is 9.59 Å². The van der Waals surface area contributed by atoms with Gasteiger partial charge in [0, 0.05) is 17.5 Å². The smallest absolute Gasteiger partial charge is 0.344 e. The summed E-state index contributed by atoms with van der Waals surface area (Å²) in [6.07, 6.45) is 0.601. The van der Waals surface area contributed by atoms with E-state index in [4.69, 9.17) is 13.9 Å². The van der Waals surface area contributed by atoms with Crippen molar-refractivity contribution in [3.05, 3.63) is 65.0 Å². The second kappa shape index (κ2) is 7.87. The van der Waals surface area contributed by atoms with E-state index in [1.54, 1.807) is 12.1 Å². The number of carbonyl (C=O) groups is 1. The minimum absolute atomic E-state index is 0.144. The number of fused-ring (bicyclic) bond motifs is 1. The Balaban J connectivity index is 1.86. The highest BCUT2D eigenvalue weighted by Crippen LogP contribution is 2.29. The van der Waals surface area contributed by atoms with Crippen LogP contribution in [0.5, 0.6) is 5.75 Å². The van der Waals surface area contributed by atoms with Crippen molar-refractivity contribution in [1.29, 1.82) is 0 Å². The summed E-state index contributed by atoms with van der Waals surface area (Å²) in [7, 11) is 0. The molecule has 0 amide bonds. The minimum atomic E-state index is -0.440. The maximum Gasteiger partial charge on any atom is 0.344 e. The lowest BCUT2D eigenvalue weighted by atomic mass is 10.0. The number of rotatable bonds is 6. The van der Waals surface area contributed by atoms with Crippen molar-refractivity contribution < 1.29 is 18.7 Å². The summed E-state index contributed by atoms with van der Waals surface area (Å²) < 4.78 is 15.9. The van der Waals surface area contributed by atoms with Crippen LogP contribution < -0.4 is 10.4 Å². The summed E-state index contributed by atoms with van der Waals surface area (Å²) in [4.78, 5) is 23.6. The van der Waals surface area contributed by atoms with Crippen molar-refractivity contribution >= 4 is 16.9 Å². The Hall–Kier alpha value is -3.08. The van der Waals surface area contributed by atoms with Gasteiger partial charge in [-0.3, -0.25) is 0 Å². The van der Waals surface area contributed by atoms with Crippen LogP contribution in [0.15, 0.2) is 63.8 Å². The van der Waals surface area contributed by atoms with Crippen LogP contribution in [0.25, 0.3) is 22.1 Å². The summed E-state index contributed by atoms with van der Waals surface area (Å²) in [5.41, 5.74) is 1.68. The molecule has 5 nitrogen and oxygen atoms in total. The Morgan fingerprint density at radius 3 is 2.62 bits per heavy atom. The van der Waals surface area contributed by atoms with Gasteiger partial charge in [0.05, 0.1) is 6.10 Å². The minimum Gasteiger partial charge on any atom is -0.482 e. The van der Waals surface area contributed by atoms with Crippen molar-refractivity contribution in [3.8, 4) is 16.9 Å². The maximum atomic E-state index is 11.9. The zero-order valence-corrected chi connectivity index (χ0v) is 14.7. The van der Waals surface area contributed by atoms with E-state index in [9.17, 15) is 9.59 Å². The fourth-order valence-electron chi connectivity index (χ4n) is 2.57. The predicted octanol–water partition coefficient (Wildman–Crippen LogP) is 4.18. The molecule has 0 aliphatic rings. The fraction of sp³-hybridized carbons (Fsp3) is 0.238. The molecular weight excluding hydrogens is 332 g/mol. The van der Waals surface area contributed by atoms with E-state index in [1.165, 1.54) is 6.07 Å². The normalized spacial score (nSPS) is 11.9. The molecule has 5 heteroatoms. The van der Waals surface area contributed by atoms with Gasteiger partial charge in [-0.2, -0.15) is 0 Å². The first-order valence-electron chi connectivity index (χ1n) is 8.52. The first kappa shape index (κ1) is 17.7. The second-order valence-corrected chi connectivity index (χ2v) is 6.00. The summed E-state index contributed by atoms with van der Waals surface area (Å²) in [6, 6.07) is 16.3. The third-order valence-electron chi connectivity index (χ3n) is 4.07. The molecule has 1 atom stereocenters. The first-order valence-corrected chi connectivity index (χ1v) is 8.52. The standard InChI is InChI=1S/C21H20O5/c1-3-14(2)25-21(23)13-24-16-9-10-17-18(15-7-5-4-6-8-15)12-20(22)26-19(17)11-16/h4-12,14H,3,13H2,1-2H3. The molecule has 0 fully saturated rings. The molecule has 0 saturated heterocycles. The van der Waals surface area contributed by atoms with Crippen LogP contribution in [0, 0.1) is 0 Å². The van der Waals surface area contributed by atoms with E-state index < -0.39 is 11.6 Å². The molecule has 0 spiro atoms. The summed E-state index contributed by atoms with van der Waals surface area (Å²) in [6.45, 7) is 3.57. The highest BCUT2D eigenvalue weighted by atomic mass is 16.6. The molecule has 3 aromatic rings. The van der Waals surface area contributed by atoms with Gasteiger partial charge in [-0.15, -0.1) is 0 Å². The highest BCUT2D eigenvalue weighted by molar-refractivity contribution is 5.93. The Kier molecular flexibility index (Phi) is 5.37. The number of hydrogen-bond donors (Lipinski definition) is 0. The van der Waals surface area contributed by atoms with Crippen molar-refractivity contribution in [3.63, 3.8) is 0 Å². The third kappa shape index (κ3) is 4.11. The van der Waals surface area contributed by atoms with E-state index in [2.05, 4.69) is 0 Å². The van der Waals surface area contributed by atoms with Crippen LogP contribution in [-0.2, 0) is 9.53 Å². The van der Waals surface area contributed by atoms with Crippen molar-refractivity contribution in [2.24, 2.45) is 0 Å². The summed E-state index contributed by atoms with van der Waals surface area (Å²) in [5, 5.41) is 0.797. The number of benzene rings is 2. The van der Waals surface area contributed by atoms with Crippen LogP contribution in [-0.4, -0.2) is 18.7 Å². The van der Waals surface area contributed by atoms with Gasteiger partial charge in [0.1, 0.15) is 11.3 Å². The van der Waals surface area contributed by atoms with Gasteiger partial charge >= 0.3 is 11.6 Å². The molecule has 0 radical (unpaired) electrons. The molecule has 0 aliphatic carbocycles. The molecule has 2 aromatic carbocycles. The zero-order valence-electron chi connectivity index (χ0n) is 14.7. The fourth-order valence-corrected chi connectivity index (χ4v) is 2.57. The molecule has 1 aromatic heterocycles. The lowest BCUT2D eigenvalue weighted by Crippen LogP contribution is -2.20. The van der Waals surface area contributed by atoms with Crippen LogP contribution in [0.2, 0.25) is 0 Å². The SMILES string of the molecule is CCC(C)OC(=O)COc1ccc2c(-c3ccccc3)cc(=O)oc2c1. The largest absolute Gasteiger partial charge is 0.482 e. The van der Waals surface area contributed by atoms with Crippen molar-refractivity contribution in [2.75, 3.05) is 6.61 Å². The molecule has 0 aliphatic heterocycles. The topological polar surface area (TPSA) is 65.7 Å². The number of ether oxygens (including phenoxy) is 2. The number of esters is 1. The van der Waals surface area contributed by atoms with Crippen LogP contribution >= 0.6 is 0 Å². The van der Waals surface area contributed by atoms with Gasteiger partial charge in [0.15, 0.2) is 6.61 Å². The Morgan fingerprint density at radius 1 is 1.12 bits per heavy atom. The molecule has 26 heavy (non-hydrogen) atoms. The molecule has 0 N–H and O–H groups in total. The number of hydrogen-bond acceptors (Lipinski definition) is 5. The lowest BCUT2D eigenvalue weighted by molar-refractivity contribution is -0.150. The Morgan fingerprint density at radius 2 is 1.88 bits per heavy atom. The third-order valence-corrected chi connectivity index (χ3v) is 4.07. The van der Waals surface area contributed by atoms with Gasteiger partial charge in [0.2, 0.25) is 0 Å². The van der Waals surface area contributed by atoms with E-state index in [1.807, 2.05) is 50.2 Å². The molecule has 1 heterocycles. The predicted molar refractivity (Wildman–Crippen MR) is 99.3 cm³/mol. The van der Waals surface area contributed by atoms with E-state index in [-0.39, 0.29) is 12.7 Å². The molecule has 3 rings (SSSR count). The van der Waals surface area contributed by atoms with Crippen LogP contribution in [0.3, 0.4) is 0 Å². The Labute approximate surface area is 151 Å². The van der Waals surface area contributed by atoms with Gasteiger partial charge < -0.3 is 13.9 Å². The molecule has 0 saturated carbocycles. The second-order valence-electron chi connectivity index (χ2n) is 6.00. The quantitative estimate of drug-likeness (QED) is 0.492. The highest BCUT2D eigenvalue weighted by Gasteiger charge is 2.11. The maximum absolute atomic E-state index is 11.9. The zero-order chi connectivity index (χ0) is 18.5. The van der Waals surface area contributed by atoms with Gasteiger partial charge in [-0.05, 0) is 36.6 Å². The molecule has 1 unspecified atom stereocenters. The monoisotopic (exact) mass is 352 g/mol. The molecule has 134 valence electrons. The van der Waals surface area contributed by atoms with Crippen molar-refractivity contribution in [2.45, 2.75) is 26.4 Å². The number of carbonyl (C=O) groups excluding carboxylic acids is 1. The summed E-state index contributed by atoms with van der Waals surface area (Å²) >= 11 is 0. The molecular formula is C21H20O5. The van der Waals surface area contributed by atoms with Crippen LogP contribution in [0.1, 0.15) is 20.3 Å². The van der Waals surface area contributed by atoms with Gasteiger partial charge in [0.25, 0.3) is 0 Å². The van der Waals surface area contributed by atoms with E-state index in [0.29, 0.717) is 11.3 Å². The van der Waals surface area contributed by atoms with Crippen molar-refractivity contribution in [1.82, 2.24) is 0 Å². The van der Waals surface area contributed by atoms with Gasteiger partial charge in [-0.1, -0.05) is 37.3 Å². The average molecular weight is 352 g/mol. The van der Waals surface area contributed by atoms with Crippen LogP contribution in [0.4, 0.5) is 0 Å². The van der Waals surface area contributed by atoms with E-state index >= 15 is 0 Å². The van der Waals surface area contributed by atoms with E-state index in [0.717, 1.165) is 22.9 Å². The lowest BCUT2D eigenvalue weighted by Gasteiger charge is -2.12. The summed E-state index contributed by atoms with van der Waals surface area (Å²) in [5.74, 6) is 0.00546.